The quantitative estimate of drug-likeness (QED) is 0.620. The maximum absolute atomic E-state index is 12.0. The molecular weight excluding hydrogens is 304 g/mol. The fourth-order valence-electron chi connectivity index (χ4n) is 5.65. The summed E-state index contributed by atoms with van der Waals surface area (Å²) in [5.41, 5.74) is 0.608. The van der Waals surface area contributed by atoms with Gasteiger partial charge in [0.1, 0.15) is 0 Å². The van der Waals surface area contributed by atoms with E-state index in [0.29, 0.717) is 12.3 Å². The summed E-state index contributed by atoms with van der Waals surface area (Å²) in [6.07, 6.45) is 7.06. The largest absolute Gasteiger partial charge is 0.481 e. The average Bonchev–Trinajstić information content (AvgIpc) is 2.52. The molecule has 0 aromatic rings. The third-order valence-electron chi connectivity index (χ3n) is 7.17. The van der Waals surface area contributed by atoms with Gasteiger partial charge in [-0.25, -0.2) is 0 Å². The third-order valence-corrected chi connectivity index (χ3v) is 7.17. The molecule has 5 atom stereocenters. The number of hydrogen-bond donors (Lipinski definition) is 3. The van der Waals surface area contributed by atoms with Crippen LogP contribution in [0.25, 0.3) is 0 Å². The van der Waals surface area contributed by atoms with E-state index in [-0.39, 0.29) is 30.5 Å². The highest BCUT2D eigenvalue weighted by Crippen LogP contribution is 2.62. The molecule has 2 aliphatic rings. The molecule has 2 aliphatic carbocycles. The second kappa shape index (κ2) is 7.57. The zero-order chi connectivity index (χ0) is 18.0. The number of hydrogen-bond acceptors (Lipinski definition) is 3. The minimum Gasteiger partial charge on any atom is -0.481 e. The molecular formula is C20H34O4. The SMILES string of the molecule is C=C1CC[C@@H]2[C@](C)(CCC[C@@]2(C)C(=O)O)[C@H]1CC[C@H](CO)CCO. The first-order chi connectivity index (χ1) is 11.3. The highest BCUT2D eigenvalue weighted by molar-refractivity contribution is 5.75. The van der Waals surface area contributed by atoms with Crippen molar-refractivity contribution >= 4 is 5.97 Å². The first-order valence-electron chi connectivity index (χ1n) is 9.42. The van der Waals surface area contributed by atoms with Crippen LogP contribution in [0.1, 0.15) is 65.2 Å². The molecule has 0 aromatic heterocycles. The Balaban J connectivity index is 2.20. The highest BCUT2D eigenvalue weighted by Gasteiger charge is 2.57. The zero-order valence-electron chi connectivity index (χ0n) is 15.3. The fourth-order valence-corrected chi connectivity index (χ4v) is 5.65. The smallest absolute Gasteiger partial charge is 0.309 e. The maximum atomic E-state index is 12.0. The van der Waals surface area contributed by atoms with Gasteiger partial charge >= 0.3 is 5.97 Å². The first-order valence-corrected chi connectivity index (χ1v) is 9.42. The lowest BCUT2D eigenvalue weighted by molar-refractivity contribution is -0.164. The Bertz CT molecular complexity index is 474. The van der Waals surface area contributed by atoms with Crippen molar-refractivity contribution in [2.75, 3.05) is 13.2 Å². The van der Waals surface area contributed by atoms with E-state index >= 15 is 0 Å². The van der Waals surface area contributed by atoms with Crippen LogP contribution in [0.3, 0.4) is 0 Å². The summed E-state index contributed by atoms with van der Waals surface area (Å²) in [5.74, 6) is -0.0143. The lowest BCUT2D eigenvalue weighted by Gasteiger charge is -2.57. The number of carboxylic acids is 1. The van der Waals surface area contributed by atoms with Crippen molar-refractivity contribution in [3.05, 3.63) is 12.2 Å². The zero-order valence-corrected chi connectivity index (χ0v) is 15.3. The molecule has 0 heterocycles. The summed E-state index contributed by atoms with van der Waals surface area (Å²) in [6.45, 7) is 8.73. The first kappa shape index (κ1) is 19.5. The summed E-state index contributed by atoms with van der Waals surface area (Å²) in [6, 6.07) is 0. The van der Waals surface area contributed by atoms with Gasteiger partial charge in [-0.15, -0.1) is 0 Å². The number of fused-ring (bicyclic) bond motifs is 1. The third kappa shape index (κ3) is 3.41. The van der Waals surface area contributed by atoms with E-state index in [0.717, 1.165) is 44.9 Å². The van der Waals surface area contributed by atoms with E-state index in [1.807, 2.05) is 6.92 Å². The highest BCUT2D eigenvalue weighted by atomic mass is 16.4. The van der Waals surface area contributed by atoms with Crippen LogP contribution in [0, 0.1) is 28.6 Å². The lowest BCUT2D eigenvalue weighted by Crippen LogP contribution is -2.53. The van der Waals surface area contributed by atoms with Crippen LogP contribution in [0.5, 0.6) is 0 Å². The van der Waals surface area contributed by atoms with Gasteiger partial charge in [0.15, 0.2) is 0 Å². The number of carbonyl (C=O) groups is 1. The molecule has 3 N–H and O–H groups in total. The molecule has 0 aromatic carbocycles. The molecule has 0 radical (unpaired) electrons. The summed E-state index contributed by atoms with van der Waals surface area (Å²) in [5, 5.41) is 28.5. The Morgan fingerprint density at radius 1 is 1.29 bits per heavy atom. The number of aliphatic carboxylic acids is 1. The molecule has 0 saturated heterocycles. The predicted molar refractivity (Wildman–Crippen MR) is 94.6 cm³/mol. The van der Waals surface area contributed by atoms with E-state index in [1.54, 1.807) is 0 Å². The predicted octanol–water partition coefficient (Wildman–Crippen LogP) is 3.62. The number of allylic oxidation sites excluding steroid dienone is 1. The number of carboxylic acid groups (broad SMARTS) is 1. The lowest BCUT2D eigenvalue weighted by atomic mass is 9.46. The Labute approximate surface area is 146 Å². The molecule has 2 fully saturated rings. The number of rotatable bonds is 7. The van der Waals surface area contributed by atoms with Crippen LogP contribution in [-0.4, -0.2) is 34.5 Å². The van der Waals surface area contributed by atoms with E-state index in [4.69, 9.17) is 5.11 Å². The molecule has 24 heavy (non-hydrogen) atoms. The van der Waals surface area contributed by atoms with Crippen LogP contribution in [0.2, 0.25) is 0 Å². The summed E-state index contributed by atoms with van der Waals surface area (Å²) in [4.78, 5) is 12.0. The van der Waals surface area contributed by atoms with Crippen LogP contribution in [-0.2, 0) is 4.79 Å². The van der Waals surface area contributed by atoms with Gasteiger partial charge < -0.3 is 15.3 Å². The summed E-state index contributed by atoms with van der Waals surface area (Å²) < 4.78 is 0. The maximum Gasteiger partial charge on any atom is 0.309 e. The average molecular weight is 338 g/mol. The molecule has 2 rings (SSSR count). The molecule has 4 nitrogen and oxygen atoms in total. The van der Waals surface area contributed by atoms with Gasteiger partial charge in [0, 0.05) is 13.2 Å². The molecule has 4 heteroatoms. The van der Waals surface area contributed by atoms with Gasteiger partial charge in [-0.2, -0.15) is 0 Å². The fraction of sp³-hybridized carbons (Fsp3) is 0.850. The van der Waals surface area contributed by atoms with Gasteiger partial charge in [0.25, 0.3) is 0 Å². The van der Waals surface area contributed by atoms with Crippen molar-refractivity contribution in [2.24, 2.45) is 28.6 Å². The minimum absolute atomic E-state index is 0.0139. The Hall–Kier alpha value is -0.870. The van der Waals surface area contributed by atoms with E-state index in [1.165, 1.54) is 5.57 Å². The summed E-state index contributed by atoms with van der Waals surface area (Å²) >= 11 is 0. The minimum atomic E-state index is -0.654. The standard InChI is InChI=1S/C20H34O4/c1-14-5-8-17-19(2,10-4-11-20(17,3)18(23)24)16(14)7-6-15(13-22)9-12-21/h15-17,21-22H,1,4-13H2,2-3H3,(H,23,24)/t15-,16-,17+,19+,20+/m0/s1. The van der Waals surface area contributed by atoms with E-state index < -0.39 is 11.4 Å². The van der Waals surface area contributed by atoms with Gasteiger partial charge in [-0.05, 0) is 75.0 Å². The molecule has 0 aliphatic heterocycles. The Morgan fingerprint density at radius 3 is 2.58 bits per heavy atom. The molecule has 138 valence electrons. The van der Waals surface area contributed by atoms with Gasteiger partial charge in [-0.1, -0.05) is 25.5 Å². The van der Waals surface area contributed by atoms with E-state index in [9.17, 15) is 15.0 Å². The van der Waals surface area contributed by atoms with E-state index in [2.05, 4.69) is 13.5 Å². The van der Waals surface area contributed by atoms with Crippen molar-refractivity contribution in [1.82, 2.24) is 0 Å². The van der Waals surface area contributed by atoms with Crippen molar-refractivity contribution in [3.63, 3.8) is 0 Å². The number of aliphatic hydroxyl groups excluding tert-OH is 2. The van der Waals surface area contributed by atoms with Crippen LogP contribution < -0.4 is 0 Å². The van der Waals surface area contributed by atoms with Crippen LogP contribution in [0.15, 0.2) is 12.2 Å². The van der Waals surface area contributed by atoms with Crippen molar-refractivity contribution in [2.45, 2.75) is 65.2 Å². The monoisotopic (exact) mass is 338 g/mol. The Morgan fingerprint density at radius 2 is 2.00 bits per heavy atom. The van der Waals surface area contributed by atoms with Crippen LogP contribution >= 0.6 is 0 Å². The van der Waals surface area contributed by atoms with Crippen molar-refractivity contribution in [1.29, 1.82) is 0 Å². The molecule has 2 saturated carbocycles. The van der Waals surface area contributed by atoms with Crippen molar-refractivity contribution in [3.8, 4) is 0 Å². The molecule has 0 amide bonds. The second-order valence-corrected chi connectivity index (χ2v) is 8.52. The molecule has 0 bridgehead atoms. The molecule has 0 unspecified atom stereocenters. The van der Waals surface area contributed by atoms with Crippen LogP contribution in [0.4, 0.5) is 0 Å². The van der Waals surface area contributed by atoms with Gasteiger partial charge in [0.05, 0.1) is 5.41 Å². The summed E-state index contributed by atoms with van der Waals surface area (Å²) in [7, 11) is 0. The number of aliphatic hydroxyl groups is 2. The van der Waals surface area contributed by atoms with Crippen molar-refractivity contribution < 1.29 is 20.1 Å². The second-order valence-electron chi connectivity index (χ2n) is 8.52. The Kier molecular flexibility index (Phi) is 6.14. The van der Waals surface area contributed by atoms with Gasteiger partial charge in [-0.3, -0.25) is 4.79 Å². The topological polar surface area (TPSA) is 77.8 Å². The van der Waals surface area contributed by atoms with Gasteiger partial charge in [0.2, 0.25) is 0 Å². The normalized spacial score (nSPS) is 37.8. The molecule has 0 spiro atoms.